The summed E-state index contributed by atoms with van der Waals surface area (Å²) in [7, 11) is 0. The molecule has 9 heteroatoms. The minimum atomic E-state index is -0.999. The zero-order valence-corrected chi connectivity index (χ0v) is 10.5. The summed E-state index contributed by atoms with van der Waals surface area (Å²) in [4.78, 5) is 32.1. The third kappa shape index (κ3) is 4.05. The van der Waals surface area contributed by atoms with E-state index in [1.807, 2.05) is 5.43 Å². The zero-order chi connectivity index (χ0) is 15.1. The van der Waals surface area contributed by atoms with E-state index in [-0.39, 0.29) is 17.8 Å². The highest BCUT2D eigenvalue weighted by Gasteiger charge is 2.10. The molecule has 0 saturated heterocycles. The molecule has 0 aromatic heterocycles. The zero-order valence-electron chi connectivity index (χ0n) is 10.5. The second-order valence-electron chi connectivity index (χ2n) is 3.54. The maximum absolute atomic E-state index is 11.4. The molecular formula is C11H11N4O5-. The summed E-state index contributed by atoms with van der Waals surface area (Å²) in [5.41, 5.74) is 1.55. The minimum absolute atomic E-state index is 0.0737. The number of carbonyl (C=O) groups is 2. The molecule has 0 fully saturated rings. The van der Waals surface area contributed by atoms with E-state index >= 15 is 0 Å². The summed E-state index contributed by atoms with van der Waals surface area (Å²) in [5, 5.41) is 27.6. The molecule has 0 aliphatic rings. The number of benzene rings is 1. The van der Waals surface area contributed by atoms with Gasteiger partial charge in [0.25, 0.3) is 5.69 Å². The van der Waals surface area contributed by atoms with Crippen LogP contribution in [0.2, 0.25) is 0 Å². The molecule has 0 atom stereocenters. The highest BCUT2D eigenvalue weighted by Crippen LogP contribution is 2.18. The second-order valence-corrected chi connectivity index (χ2v) is 3.54. The van der Waals surface area contributed by atoms with E-state index in [0.29, 0.717) is 0 Å². The first-order valence-corrected chi connectivity index (χ1v) is 5.52. The van der Waals surface area contributed by atoms with E-state index in [4.69, 9.17) is 0 Å². The number of nitrogens with one attached hydrogen (secondary N) is 2. The lowest BCUT2D eigenvalue weighted by atomic mass is 10.2. The number of nitrogens with zero attached hydrogens (tertiary/aromatic N) is 2. The van der Waals surface area contributed by atoms with Gasteiger partial charge in [0.15, 0.2) is 0 Å². The van der Waals surface area contributed by atoms with E-state index in [1.165, 1.54) is 0 Å². The average molecular weight is 279 g/mol. The van der Waals surface area contributed by atoms with Crippen molar-refractivity contribution in [1.82, 2.24) is 10.7 Å². The van der Waals surface area contributed by atoms with Crippen molar-refractivity contribution in [2.24, 2.45) is 5.10 Å². The minimum Gasteiger partial charge on any atom is -0.872 e. The number of hydrogen-bond donors (Lipinski definition) is 2. The summed E-state index contributed by atoms with van der Waals surface area (Å²) >= 11 is 0. The second kappa shape index (κ2) is 6.83. The summed E-state index contributed by atoms with van der Waals surface area (Å²) in [6.07, 6.45) is 0.937. The van der Waals surface area contributed by atoms with E-state index in [9.17, 15) is 24.8 Å². The fraction of sp³-hybridized carbons (Fsp3) is 0.182. The van der Waals surface area contributed by atoms with Crippen LogP contribution in [0.25, 0.3) is 0 Å². The maximum Gasteiger partial charge on any atom is 0.329 e. The topological polar surface area (TPSA) is 137 Å². The van der Waals surface area contributed by atoms with Crippen molar-refractivity contribution in [3.8, 4) is 5.75 Å². The Morgan fingerprint density at radius 2 is 2.10 bits per heavy atom. The van der Waals surface area contributed by atoms with Gasteiger partial charge < -0.3 is 10.4 Å². The summed E-state index contributed by atoms with van der Waals surface area (Å²) in [6.45, 7) is 1.92. The lowest BCUT2D eigenvalue weighted by Gasteiger charge is -2.08. The molecule has 0 unspecified atom stereocenters. The number of hydrogen-bond acceptors (Lipinski definition) is 6. The van der Waals surface area contributed by atoms with Crippen molar-refractivity contribution in [2.45, 2.75) is 6.92 Å². The Labute approximate surface area is 113 Å². The number of amides is 2. The lowest BCUT2D eigenvalue weighted by molar-refractivity contribution is -0.385. The number of carbonyl (C=O) groups excluding carboxylic acids is 2. The lowest BCUT2D eigenvalue weighted by Crippen LogP contribution is -2.37. The van der Waals surface area contributed by atoms with E-state index in [0.717, 1.165) is 24.4 Å². The van der Waals surface area contributed by atoms with Crippen molar-refractivity contribution in [3.63, 3.8) is 0 Å². The number of nitro benzene ring substituents is 1. The van der Waals surface area contributed by atoms with Crippen molar-refractivity contribution in [1.29, 1.82) is 0 Å². The fourth-order valence-corrected chi connectivity index (χ4v) is 1.20. The van der Waals surface area contributed by atoms with Gasteiger partial charge in [-0.25, -0.2) is 5.43 Å². The number of non-ortho nitro benzene ring substituents is 1. The third-order valence-electron chi connectivity index (χ3n) is 2.12. The van der Waals surface area contributed by atoms with Crippen LogP contribution in [0.15, 0.2) is 23.3 Å². The van der Waals surface area contributed by atoms with Gasteiger partial charge in [-0.05, 0) is 12.5 Å². The van der Waals surface area contributed by atoms with Crippen LogP contribution in [0.5, 0.6) is 5.75 Å². The molecule has 9 nitrogen and oxygen atoms in total. The van der Waals surface area contributed by atoms with Gasteiger partial charge in [0.05, 0.1) is 11.1 Å². The van der Waals surface area contributed by atoms with E-state index in [1.54, 1.807) is 6.92 Å². The number of likely N-dealkylation sites (N-methyl/N-ethyl adjacent to an activating group) is 1. The molecule has 1 aromatic carbocycles. The van der Waals surface area contributed by atoms with Gasteiger partial charge in [0.1, 0.15) is 0 Å². The number of hydrazone groups is 1. The van der Waals surface area contributed by atoms with E-state index < -0.39 is 22.5 Å². The van der Waals surface area contributed by atoms with Gasteiger partial charge in [0, 0.05) is 18.7 Å². The molecule has 20 heavy (non-hydrogen) atoms. The van der Waals surface area contributed by atoms with Gasteiger partial charge in [-0.2, -0.15) is 5.10 Å². The molecule has 0 aliphatic heterocycles. The number of rotatable bonds is 4. The molecule has 2 N–H and O–H groups in total. The molecule has 0 saturated carbocycles. The van der Waals surface area contributed by atoms with Crippen LogP contribution in [0.3, 0.4) is 0 Å². The monoisotopic (exact) mass is 279 g/mol. The fourth-order valence-electron chi connectivity index (χ4n) is 1.20. The van der Waals surface area contributed by atoms with Crippen LogP contribution >= 0.6 is 0 Å². The molecule has 1 rings (SSSR count). The Morgan fingerprint density at radius 1 is 1.40 bits per heavy atom. The molecule has 0 radical (unpaired) electrons. The van der Waals surface area contributed by atoms with Crippen LogP contribution < -0.4 is 15.8 Å². The highest BCUT2D eigenvalue weighted by atomic mass is 16.6. The molecule has 0 bridgehead atoms. The SMILES string of the molecule is CCNC(=O)C(=O)N/N=C\c1cc([N+](=O)[O-])ccc1[O-]. The molecular weight excluding hydrogens is 268 g/mol. The Bertz CT molecular complexity index is 570. The van der Waals surface area contributed by atoms with Crippen LogP contribution in [-0.4, -0.2) is 29.5 Å². The summed E-state index contributed by atoms with van der Waals surface area (Å²) < 4.78 is 0. The van der Waals surface area contributed by atoms with Gasteiger partial charge in [-0.1, -0.05) is 11.8 Å². The molecule has 0 spiro atoms. The van der Waals surface area contributed by atoms with E-state index in [2.05, 4.69) is 10.4 Å². The van der Waals surface area contributed by atoms with Crippen molar-refractivity contribution >= 4 is 23.7 Å². The first-order valence-electron chi connectivity index (χ1n) is 5.52. The Balaban J connectivity index is 2.75. The smallest absolute Gasteiger partial charge is 0.329 e. The predicted octanol–water partition coefficient (Wildman–Crippen LogP) is -0.745. The maximum atomic E-state index is 11.4. The first-order chi connectivity index (χ1) is 9.45. The van der Waals surface area contributed by atoms with Crippen LogP contribution in [0.4, 0.5) is 5.69 Å². The van der Waals surface area contributed by atoms with Gasteiger partial charge in [0.2, 0.25) is 0 Å². The highest BCUT2D eigenvalue weighted by molar-refractivity contribution is 6.35. The summed E-state index contributed by atoms with van der Waals surface area (Å²) in [5.74, 6) is -2.36. The standard InChI is InChI=1S/C11H12N4O5/c1-2-12-10(17)11(18)14-13-6-7-5-8(15(19)20)3-4-9(7)16/h3-6,16H,2H2,1H3,(H,12,17)(H,14,18)/p-1/b13-6-. The molecule has 2 amide bonds. The predicted molar refractivity (Wildman–Crippen MR) is 67.0 cm³/mol. The van der Waals surface area contributed by atoms with Crippen molar-refractivity contribution < 1.29 is 19.6 Å². The van der Waals surface area contributed by atoms with Crippen LogP contribution in [0.1, 0.15) is 12.5 Å². The van der Waals surface area contributed by atoms with Crippen molar-refractivity contribution in [2.75, 3.05) is 6.54 Å². The Kier molecular flexibility index (Phi) is 5.15. The molecule has 0 heterocycles. The van der Waals surface area contributed by atoms with Gasteiger partial charge >= 0.3 is 11.8 Å². The Morgan fingerprint density at radius 3 is 2.70 bits per heavy atom. The quantitative estimate of drug-likeness (QED) is 0.323. The summed E-state index contributed by atoms with van der Waals surface area (Å²) in [6, 6.07) is 3.10. The molecule has 0 aliphatic carbocycles. The van der Waals surface area contributed by atoms with Gasteiger partial charge in [-0.3, -0.25) is 19.7 Å². The van der Waals surface area contributed by atoms with Crippen LogP contribution in [0, 0.1) is 10.1 Å². The molecule has 106 valence electrons. The number of nitro groups is 1. The first kappa shape index (κ1) is 15.1. The normalized spacial score (nSPS) is 10.2. The van der Waals surface area contributed by atoms with Crippen LogP contribution in [-0.2, 0) is 9.59 Å². The largest absolute Gasteiger partial charge is 0.872 e. The Hall–Kier alpha value is -2.97. The third-order valence-corrected chi connectivity index (χ3v) is 2.12. The van der Waals surface area contributed by atoms with Crippen molar-refractivity contribution in [3.05, 3.63) is 33.9 Å². The molecule has 1 aromatic rings. The average Bonchev–Trinajstić information content (AvgIpc) is 2.40. The van der Waals surface area contributed by atoms with Gasteiger partial charge in [-0.15, -0.1) is 0 Å².